The van der Waals surface area contributed by atoms with Crippen molar-refractivity contribution in [3.05, 3.63) is 11.9 Å². The summed E-state index contributed by atoms with van der Waals surface area (Å²) in [5, 5.41) is 7.21. The molecule has 0 aliphatic rings. The summed E-state index contributed by atoms with van der Waals surface area (Å²) in [6.07, 6.45) is 1.67. The zero-order valence-corrected chi connectivity index (χ0v) is 6.96. The molecule has 11 heavy (non-hydrogen) atoms. The summed E-state index contributed by atoms with van der Waals surface area (Å²) in [6, 6.07) is 0. The summed E-state index contributed by atoms with van der Waals surface area (Å²) in [5.74, 6) is 0. The number of nitrogens with zero attached hydrogens (tertiary/aromatic N) is 2. The molecular formula is C7H14N4. The molecular weight excluding hydrogens is 140 g/mol. The maximum Gasteiger partial charge on any atom is 0.0748 e. The smallest absolute Gasteiger partial charge is 0.0748 e. The minimum absolute atomic E-state index is 0.758. The van der Waals surface area contributed by atoms with Gasteiger partial charge in [-0.15, -0.1) is 0 Å². The lowest BCUT2D eigenvalue weighted by atomic mass is 10.3. The summed E-state index contributed by atoms with van der Waals surface area (Å²) in [6.45, 7) is 3.80. The van der Waals surface area contributed by atoms with Crippen LogP contribution in [-0.4, -0.2) is 16.3 Å². The first kappa shape index (κ1) is 8.07. The predicted octanol–water partition coefficient (Wildman–Crippen LogP) is 0.112. The third-order valence-electron chi connectivity index (χ3n) is 1.64. The lowest BCUT2D eigenvalue weighted by molar-refractivity contribution is 0.644. The Labute approximate surface area is 66.4 Å². The average molecular weight is 154 g/mol. The highest BCUT2D eigenvalue weighted by Crippen LogP contribution is 2.07. The Morgan fingerprint density at radius 2 is 2.45 bits per heavy atom. The van der Waals surface area contributed by atoms with E-state index in [4.69, 9.17) is 5.73 Å². The van der Waals surface area contributed by atoms with Crippen molar-refractivity contribution in [1.82, 2.24) is 15.1 Å². The Balaban J connectivity index is 2.67. The number of nitrogens with one attached hydrogen (secondary N) is 1. The molecule has 0 aliphatic carbocycles. The first-order valence-electron chi connectivity index (χ1n) is 3.72. The summed E-state index contributed by atoms with van der Waals surface area (Å²) >= 11 is 0. The van der Waals surface area contributed by atoms with Crippen molar-refractivity contribution in [2.45, 2.75) is 13.5 Å². The minimum atomic E-state index is 0.758. The summed E-state index contributed by atoms with van der Waals surface area (Å²) < 4.78 is 1.79. The number of anilines is 1. The molecule has 0 aliphatic heterocycles. The van der Waals surface area contributed by atoms with Gasteiger partial charge in [0.25, 0.3) is 0 Å². The van der Waals surface area contributed by atoms with Crippen LogP contribution in [0.5, 0.6) is 0 Å². The predicted molar refractivity (Wildman–Crippen MR) is 45.0 cm³/mol. The third kappa shape index (κ3) is 1.71. The highest BCUT2D eigenvalue weighted by molar-refractivity contribution is 5.40. The second-order valence-corrected chi connectivity index (χ2v) is 2.45. The van der Waals surface area contributed by atoms with Gasteiger partial charge in [0.2, 0.25) is 0 Å². The molecule has 0 radical (unpaired) electrons. The molecule has 0 unspecified atom stereocenters. The molecule has 0 atom stereocenters. The molecule has 0 fully saturated rings. The van der Waals surface area contributed by atoms with E-state index in [2.05, 4.69) is 17.3 Å². The molecule has 4 heteroatoms. The van der Waals surface area contributed by atoms with Crippen molar-refractivity contribution in [2.24, 2.45) is 7.05 Å². The van der Waals surface area contributed by atoms with E-state index in [0.717, 1.165) is 24.5 Å². The maximum absolute atomic E-state index is 5.66. The first-order valence-corrected chi connectivity index (χ1v) is 3.72. The fourth-order valence-corrected chi connectivity index (χ4v) is 0.940. The second-order valence-electron chi connectivity index (χ2n) is 2.45. The Morgan fingerprint density at radius 3 is 2.91 bits per heavy atom. The van der Waals surface area contributed by atoms with Crippen LogP contribution in [0, 0.1) is 0 Å². The van der Waals surface area contributed by atoms with Crippen LogP contribution in [0.2, 0.25) is 0 Å². The van der Waals surface area contributed by atoms with Gasteiger partial charge in [0, 0.05) is 13.6 Å². The van der Waals surface area contributed by atoms with Gasteiger partial charge in [-0.1, -0.05) is 6.92 Å². The number of aryl methyl sites for hydroxylation is 1. The van der Waals surface area contributed by atoms with E-state index in [9.17, 15) is 0 Å². The number of nitrogen functional groups attached to an aromatic ring is 1. The number of rotatable bonds is 3. The summed E-state index contributed by atoms with van der Waals surface area (Å²) in [7, 11) is 1.89. The zero-order valence-electron chi connectivity index (χ0n) is 6.96. The molecule has 62 valence electrons. The SMILES string of the molecule is CCNCc1c(N)cnn1C. The van der Waals surface area contributed by atoms with E-state index >= 15 is 0 Å². The largest absolute Gasteiger partial charge is 0.396 e. The van der Waals surface area contributed by atoms with Gasteiger partial charge >= 0.3 is 0 Å². The Hall–Kier alpha value is -1.03. The fourth-order valence-electron chi connectivity index (χ4n) is 0.940. The fraction of sp³-hybridized carbons (Fsp3) is 0.571. The highest BCUT2D eigenvalue weighted by atomic mass is 15.3. The van der Waals surface area contributed by atoms with Gasteiger partial charge in [-0.3, -0.25) is 4.68 Å². The van der Waals surface area contributed by atoms with Crippen molar-refractivity contribution in [2.75, 3.05) is 12.3 Å². The number of hydrogen-bond acceptors (Lipinski definition) is 3. The normalized spacial score (nSPS) is 10.4. The van der Waals surface area contributed by atoms with Crippen molar-refractivity contribution in [1.29, 1.82) is 0 Å². The molecule has 0 saturated carbocycles. The van der Waals surface area contributed by atoms with Gasteiger partial charge in [-0.05, 0) is 6.54 Å². The summed E-state index contributed by atoms with van der Waals surface area (Å²) in [5.41, 5.74) is 7.46. The molecule has 3 N–H and O–H groups in total. The van der Waals surface area contributed by atoms with Crippen molar-refractivity contribution >= 4 is 5.69 Å². The second kappa shape index (κ2) is 3.39. The zero-order chi connectivity index (χ0) is 8.27. The van der Waals surface area contributed by atoms with E-state index in [-0.39, 0.29) is 0 Å². The molecule has 1 heterocycles. The van der Waals surface area contributed by atoms with Gasteiger partial charge in [0.1, 0.15) is 0 Å². The monoisotopic (exact) mass is 154 g/mol. The van der Waals surface area contributed by atoms with Crippen LogP contribution in [0.1, 0.15) is 12.6 Å². The molecule has 0 saturated heterocycles. The van der Waals surface area contributed by atoms with Crippen molar-refractivity contribution in [3.63, 3.8) is 0 Å². The van der Waals surface area contributed by atoms with Crippen LogP contribution in [0.4, 0.5) is 5.69 Å². The number of nitrogens with two attached hydrogens (primary N) is 1. The Bertz CT molecular complexity index is 209. The molecule has 1 aromatic rings. The lowest BCUT2D eigenvalue weighted by Gasteiger charge is -2.02. The number of hydrogen-bond donors (Lipinski definition) is 2. The van der Waals surface area contributed by atoms with Crippen molar-refractivity contribution in [3.8, 4) is 0 Å². The van der Waals surface area contributed by atoms with E-state index in [1.807, 2.05) is 7.05 Å². The van der Waals surface area contributed by atoms with Gasteiger partial charge in [0.15, 0.2) is 0 Å². The van der Waals surface area contributed by atoms with Crippen LogP contribution in [0.25, 0.3) is 0 Å². The molecule has 0 aromatic carbocycles. The molecule has 1 rings (SSSR count). The number of aromatic nitrogens is 2. The van der Waals surface area contributed by atoms with Crippen LogP contribution in [0.3, 0.4) is 0 Å². The van der Waals surface area contributed by atoms with E-state index in [0.29, 0.717) is 0 Å². The molecule has 1 aromatic heterocycles. The summed E-state index contributed by atoms with van der Waals surface area (Å²) in [4.78, 5) is 0. The van der Waals surface area contributed by atoms with E-state index in [1.165, 1.54) is 0 Å². The van der Waals surface area contributed by atoms with Gasteiger partial charge in [-0.2, -0.15) is 5.10 Å². The van der Waals surface area contributed by atoms with Crippen LogP contribution >= 0.6 is 0 Å². The standard InChI is InChI=1S/C7H14N4/c1-3-9-5-7-6(8)4-10-11(7)2/h4,9H,3,5,8H2,1-2H3. The highest BCUT2D eigenvalue weighted by Gasteiger charge is 2.02. The molecule has 4 nitrogen and oxygen atoms in total. The van der Waals surface area contributed by atoms with E-state index in [1.54, 1.807) is 10.9 Å². The van der Waals surface area contributed by atoms with Crippen LogP contribution < -0.4 is 11.1 Å². The lowest BCUT2D eigenvalue weighted by Crippen LogP contribution is -2.15. The van der Waals surface area contributed by atoms with Crippen LogP contribution in [0.15, 0.2) is 6.20 Å². The maximum atomic E-state index is 5.66. The quantitative estimate of drug-likeness (QED) is 0.649. The molecule has 0 bridgehead atoms. The van der Waals surface area contributed by atoms with Gasteiger partial charge in [0.05, 0.1) is 17.6 Å². The topological polar surface area (TPSA) is 55.9 Å². The Morgan fingerprint density at radius 1 is 1.73 bits per heavy atom. The minimum Gasteiger partial charge on any atom is -0.396 e. The van der Waals surface area contributed by atoms with Gasteiger partial charge in [-0.25, -0.2) is 0 Å². The van der Waals surface area contributed by atoms with Gasteiger partial charge < -0.3 is 11.1 Å². The molecule has 0 amide bonds. The third-order valence-corrected chi connectivity index (χ3v) is 1.64. The molecule has 0 spiro atoms. The van der Waals surface area contributed by atoms with Crippen molar-refractivity contribution < 1.29 is 0 Å². The van der Waals surface area contributed by atoms with Crippen LogP contribution in [-0.2, 0) is 13.6 Å². The Kier molecular flexibility index (Phi) is 2.48. The van der Waals surface area contributed by atoms with E-state index < -0.39 is 0 Å². The average Bonchev–Trinajstić information content (AvgIpc) is 2.29. The first-order chi connectivity index (χ1) is 5.25.